The summed E-state index contributed by atoms with van der Waals surface area (Å²) < 4.78 is 16.7. The molecule has 444 valence electrons. The minimum atomic E-state index is -0.858. The van der Waals surface area contributed by atoms with E-state index in [9.17, 15) is 14.4 Å². The zero-order chi connectivity index (χ0) is 57.8. The van der Waals surface area contributed by atoms with Crippen LogP contribution in [0.2, 0.25) is 0 Å². The van der Waals surface area contributed by atoms with Gasteiger partial charge in [0.15, 0.2) is 6.10 Å². The van der Waals surface area contributed by atoms with Gasteiger partial charge in [0, 0.05) is 12.8 Å². The summed E-state index contributed by atoms with van der Waals surface area (Å²) in [6.07, 6.45) is 100. The lowest BCUT2D eigenvalue weighted by Gasteiger charge is -2.18. The van der Waals surface area contributed by atoms with E-state index in [0.29, 0.717) is 19.3 Å². The van der Waals surface area contributed by atoms with Crippen LogP contribution < -0.4 is 0 Å². The molecule has 0 spiro atoms. The normalized spacial score (nSPS) is 13.5. The standard InChI is InChI=1S/C74H112O6/c1-4-7-10-13-16-19-22-25-28-29-30-31-32-33-34-35-36-37-38-39-40-41-42-43-44-45-47-49-52-55-58-61-64-67-73(76)79-70-71(69-78-72(75)66-63-60-57-54-51-48-27-24-21-18-15-12-9-6-3)80-74(77)68-65-62-59-56-53-50-46-26-23-20-17-14-11-8-5-2/h7-8,10-11,15-20,24-28,30-31,33-34,36-37,39-40,42-43,45-47,53,56,62,65,71H,4-6,9,12-14,21-23,29,32,35,38,41,44,48-52,54-55,57-61,63-64,66-70H2,1-3H3/b10-7-,11-8-,18-15-,19-16-,20-17-,27-24-,28-25-,31-30-,34-33-,37-36-,40-39-,43-42-,46-26-,47-45-,56-53-,65-62-. The number of carbonyl (C=O) groups is 3. The zero-order valence-corrected chi connectivity index (χ0v) is 50.8. The highest BCUT2D eigenvalue weighted by Crippen LogP contribution is 2.12. The highest BCUT2D eigenvalue weighted by atomic mass is 16.6. The van der Waals surface area contributed by atoms with Gasteiger partial charge in [-0.15, -0.1) is 0 Å². The molecule has 0 radical (unpaired) electrons. The predicted molar refractivity (Wildman–Crippen MR) is 347 cm³/mol. The Hall–Kier alpha value is -5.75. The summed E-state index contributed by atoms with van der Waals surface area (Å²) >= 11 is 0. The van der Waals surface area contributed by atoms with E-state index >= 15 is 0 Å². The number of esters is 3. The lowest BCUT2D eigenvalue weighted by molar-refractivity contribution is -0.166. The molecule has 0 saturated carbocycles. The van der Waals surface area contributed by atoms with Gasteiger partial charge in [-0.2, -0.15) is 0 Å². The Morgan fingerprint density at radius 3 is 0.825 bits per heavy atom. The molecule has 0 fully saturated rings. The van der Waals surface area contributed by atoms with Gasteiger partial charge in [-0.05, 0) is 141 Å². The minimum Gasteiger partial charge on any atom is -0.462 e. The van der Waals surface area contributed by atoms with Gasteiger partial charge >= 0.3 is 17.9 Å². The second-order valence-corrected chi connectivity index (χ2v) is 19.9. The maximum absolute atomic E-state index is 12.8. The first-order valence-electron chi connectivity index (χ1n) is 31.4. The van der Waals surface area contributed by atoms with Crippen molar-refractivity contribution >= 4 is 17.9 Å². The van der Waals surface area contributed by atoms with E-state index < -0.39 is 12.1 Å². The molecule has 0 aromatic heterocycles. The van der Waals surface area contributed by atoms with Crippen LogP contribution >= 0.6 is 0 Å². The van der Waals surface area contributed by atoms with Gasteiger partial charge in [0.25, 0.3) is 0 Å². The van der Waals surface area contributed by atoms with Crippen LogP contribution in [0, 0.1) is 0 Å². The SMILES string of the molecule is CC/C=C\C/C=C\C/C=C\C/C=C\C/C=C\C/C=C\C/C=C\C/C=C\C/C=C\CCCCCCCC(=O)OCC(COC(=O)CCCCCCC/C=C\C/C=C\CCCC)OC(=O)C/C=C\C/C=C\C/C=C\C/C=C\C/C=C\CC. The highest BCUT2D eigenvalue weighted by Gasteiger charge is 2.19. The van der Waals surface area contributed by atoms with Gasteiger partial charge in [0.05, 0.1) is 6.42 Å². The third kappa shape index (κ3) is 63.1. The molecule has 6 heteroatoms. The molecular formula is C74H112O6. The van der Waals surface area contributed by atoms with Crippen LogP contribution in [0.5, 0.6) is 0 Å². The topological polar surface area (TPSA) is 78.9 Å². The molecule has 0 bridgehead atoms. The second-order valence-electron chi connectivity index (χ2n) is 19.9. The van der Waals surface area contributed by atoms with Crippen molar-refractivity contribution in [3.63, 3.8) is 0 Å². The zero-order valence-electron chi connectivity index (χ0n) is 50.8. The molecule has 6 nitrogen and oxygen atoms in total. The third-order valence-electron chi connectivity index (χ3n) is 12.3. The lowest BCUT2D eigenvalue weighted by Crippen LogP contribution is -2.30. The number of unbranched alkanes of at least 4 members (excludes halogenated alkanes) is 12. The van der Waals surface area contributed by atoms with Gasteiger partial charge in [0.2, 0.25) is 0 Å². The van der Waals surface area contributed by atoms with Crippen molar-refractivity contribution < 1.29 is 28.6 Å². The lowest BCUT2D eigenvalue weighted by atomic mass is 10.1. The number of allylic oxidation sites excluding steroid dienone is 31. The van der Waals surface area contributed by atoms with Crippen molar-refractivity contribution in [1.29, 1.82) is 0 Å². The summed E-state index contributed by atoms with van der Waals surface area (Å²) in [5, 5.41) is 0. The van der Waals surface area contributed by atoms with Crippen molar-refractivity contribution in [1.82, 2.24) is 0 Å². The Kier molecular flexibility index (Phi) is 61.0. The maximum Gasteiger partial charge on any atom is 0.310 e. The average molecular weight is 1100 g/mol. The van der Waals surface area contributed by atoms with Crippen LogP contribution in [-0.2, 0) is 28.6 Å². The smallest absolute Gasteiger partial charge is 0.310 e. The first-order chi connectivity index (χ1) is 39.5. The molecule has 0 amide bonds. The van der Waals surface area contributed by atoms with Crippen molar-refractivity contribution in [2.75, 3.05) is 13.2 Å². The Morgan fingerprint density at radius 2 is 0.525 bits per heavy atom. The Labute approximate surface area is 490 Å². The van der Waals surface area contributed by atoms with E-state index in [4.69, 9.17) is 14.2 Å². The summed E-state index contributed by atoms with van der Waals surface area (Å²) in [6.45, 7) is 6.23. The molecule has 0 saturated heterocycles. The van der Waals surface area contributed by atoms with Crippen molar-refractivity contribution in [2.24, 2.45) is 0 Å². The maximum atomic E-state index is 12.8. The van der Waals surface area contributed by atoms with E-state index in [-0.39, 0.29) is 31.6 Å². The molecule has 0 aromatic carbocycles. The fourth-order valence-electron chi connectivity index (χ4n) is 7.70. The summed E-state index contributed by atoms with van der Waals surface area (Å²) in [7, 11) is 0. The summed E-state index contributed by atoms with van der Waals surface area (Å²) in [5.74, 6) is -1.12. The van der Waals surface area contributed by atoms with Gasteiger partial charge in [-0.1, -0.05) is 267 Å². The van der Waals surface area contributed by atoms with Crippen LogP contribution in [0.1, 0.15) is 233 Å². The number of hydrogen-bond donors (Lipinski definition) is 0. The van der Waals surface area contributed by atoms with Crippen LogP contribution in [0.3, 0.4) is 0 Å². The highest BCUT2D eigenvalue weighted by molar-refractivity contribution is 5.72. The number of hydrogen-bond acceptors (Lipinski definition) is 6. The molecule has 0 aliphatic carbocycles. The van der Waals surface area contributed by atoms with Crippen LogP contribution in [0.4, 0.5) is 0 Å². The van der Waals surface area contributed by atoms with Crippen molar-refractivity contribution in [2.45, 2.75) is 239 Å². The van der Waals surface area contributed by atoms with Crippen LogP contribution in [-0.4, -0.2) is 37.2 Å². The monoisotopic (exact) mass is 1100 g/mol. The molecular weight excluding hydrogens is 985 g/mol. The molecule has 1 atom stereocenters. The van der Waals surface area contributed by atoms with E-state index in [1.165, 1.54) is 19.3 Å². The van der Waals surface area contributed by atoms with Crippen LogP contribution in [0.25, 0.3) is 0 Å². The molecule has 0 aliphatic rings. The largest absolute Gasteiger partial charge is 0.462 e. The first kappa shape index (κ1) is 74.2. The summed E-state index contributed by atoms with van der Waals surface area (Å²) in [4.78, 5) is 38.2. The van der Waals surface area contributed by atoms with E-state index in [1.54, 1.807) is 6.08 Å². The Morgan fingerprint density at radius 1 is 0.275 bits per heavy atom. The number of ether oxygens (including phenoxy) is 3. The molecule has 0 heterocycles. The van der Waals surface area contributed by atoms with Gasteiger partial charge in [-0.3, -0.25) is 14.4 Å². The van der Waals surface area contributed by atoms with Gasteiger partial charge in [0.1, 0.15) is 13.2 Å². The molecule has 0 aliphatic heterocycles. The molecule has 0 rings (SSSR count). The average Bonchev–Trinajstić information content (AvgIpc) is 3.46. The minimum absolute atomic E-state index is 0.0791. The van der Waals surface area contributed by atoms with Gasteiger partial charge in [-0.25, -0.2) is 0 Å². The van der Waals surface area contributed by atoms with Crippen LogP contribution in [0.15, 0.2) is 194 Å². The Bertz CT molecular complexity index is 1930. The third-order valence-corrected chi connectivity index (χ3v) is 12.3. The quantitative estimate of drug-likeness (QED) is 0.0261. The van der Waals surface area contributed by atoms with E-state index in [2.05, 4.69) is 203 Å². The molecule has 80 heavy (non-hydrogen) atoms. The fourth-order valence-corrected chi connectivity index (χ4v) is 7.70. The first-order valence-corrected chi connectivity index (χ1v) is 31.4. The van der Waals surface area contributed by atoms with E-state index in [1.807, 2.05) is 6.08 Å². The number of carbonyl (C=O) groups excluding carboxylic acids is 3. The fraction of sp³-hybridized carbons (Fsp3) is 0.527. The second kappa shape index (κ2) is 65.8. The molecule has 0 aromatic rings. The molecule has 1 unspecified atom stereocenters. The summed E-state index contributed by atoms with van der Waals surface area (Å²) in [6, 6.07) is 0. The number of rotatable bonds is 54. The summed E-state index contributed by atoms with van der Waals surface area (Å²) in [5.41, 5.74) is 0. The predicted octanol–water partition coefficient (Wildman–Crippen LogP) is 21.8. The van der Waals surface area contributed by atoms with Crippen molar-refractivity contribution in [3.8, 4) is 0 Å². The van der Waals surface area contributed by atoms with Gasteiger partial charge < -0.3 is 14.2 Å². The molecule has 0 N–H and O–H groups in total. The van der Waals surface area contributed by atoms with Crippen molar-refractivity contribution in [3.05, 3.63) is 194 Å². The Balaban J connectivity index is 4.44. The van der Waals surface area contributed by atoms with E-state index in [0.717, 1.165) is 167 Å².